The number of ether oxygens (including phenoxy) is 1. The maximum atomic E-state index is 5.32. The smallest absolute Gasteiger partial charge is 0.114 e. The molecule has 0 N–H and O–H groups in total. The number of epoxide rings is 1. The van der Waals surface area contributed by atoms with Gasteiger partial charge < -0.3 is 4.74 Å². The van der Waals surface area contributed by atoms with E-state index in [4.69, 9.17) is 4.74 Å². The molecule has 1 fully saturated rings. The predicted octanol–water partition coefficient (Wildman–Crippen LogP) is 2.24. The summed E-state index contributed by atoms with van der Waals surface area (Å²) < 4.78 is 5.32. The molecule has 0 saturated carbocycles. The Kier molecular flexibility index (Phi) is 1.30. The van der Waals surface area contributed by atoms with E-state index in [1.807, 2.05) is 0 Å². The van der Waals surface area contributed by atoms with E-state index in [2.05, 4.69) is 38.1 Å². The van der Waals surface area contributed by atoms with Crippen LogP contribution in [0, 0.1) is 6.92 Å². The van der Waals surface area contributed by atoms with Crippen LogP contribution < -0.4 is 0 Å². The van der Waals surface area contributed by atoms with Gasteiger partial charge in [0.2, 0.25) is 0 Å². The zero-order valence-electron chi connectivity index (χ0n) is 6.92. The van der Waals surface area contributed by atoms with E-state index in [-0.39, 0.29) is 5.60 Å². The molecule has 1 aromatic carbocycles. The molecule has 1 aliphatic rings. The SMILES string of the molecule is Cc1ccc([C@]2(C)CO2)cc1. The minimum absolute atomic E-state index is 0.0354. The highest BCUT2D eigenvalue weighted by Crippen LogP contribution is 2.37. The average Bonchev–Trinajstić information content (AvgIpc) is 2.70. The Bertz CT molecular complexity index is 257. The molecule has 0 spiro atoms. The Morgan fingerprint density at radius 1 is 1.27 bits per heavy atom. The molecule has 1 aliphatic heterocycles. The lowest BCUT2D eigenvalue weighted by Gasteiger charge is -2.04. The lowest BCUT2D eigenvalue weighted by molar-refractivity contribution is 0.329. The fourth-order valence-corrected chi connectivity index (χ4v) is 1.18. The van der Waals surface area contributed by atoms with E-state index in [0.717, 1.165) is 6.61 Å². The van der Waals surface area contributed by atoms with Crippen molar-refractivity contribution in [2.24, 2.45) is 0 Å². The van der Waals surface area contributed by atoms with Crippen LogP contribution >= 0.6 is 0 Å². The summed E-state index contributed by atoms with van der Waals surface area (Å²) in [5.74, 6) is 0. The number of benzene rings is 1. The summed E-state index contributed by atoms with van der Waals surface area (Å²) >= 11 is 0. The highest BCUT2D eigenvalue weighted by Gasteiger charge is 2.40. The molecule has 0 bridgehead atoms. The molecule has 1 heterocycles. The number of hydrogen-bond acceptors (Lipinski definition) is 1. The Hall–Kier alpha value is -0.820. The zero-order valence-corrected chi connectivity index (χ0v) is 6.92. The third-order valence-electron chi connectivity index (χ3n) is 2.24. The van der Waals surface area contributed by atoms with Crippen molar-refractivity contribution in [3.05, 3.63) is 35.4 Å². The quantitative estimate of drug-likeness (QED) is 0.556. The van der Waals surface area contributed by atoms with Gasteiger partial charge in [0.25, 0.3) is 0 Å². The minimum Gasteiger partial charge on any atom is -0.365 e. The van der Waals surface area contributed by atoms with Gasteiger partial charge in [0.05, 0.1) is 6.61 Å². The van der Waals surface area contributed by atoms with Crippen LogP contribution in [0.1, 0.15) is 18.1 Å². The van der Waals surface area contributed by atoms with Crippen LogP contribution in [0.15, 0.2) is 24.3 Å². The molecular formula is C10H12O. The molecule has 11 heavy (non-hydrogen) atoms. The second kappa shape index (κ2) is 2.08. The molecule has 0 aliphatic carbocycles. The van der Waals surface area contributed by atoms with Gasteiger partial charge >= 0.3 is 0 Å². The molecular weight excluding hydrogens is 136 g/mol. The summed E-state index contributed by atoms with van der Waals surface area (Å²) in [6, 6.07) is 8.54. The van der Waals surface area contributed by atoms with Gasteiger partial charge in [-0.15, -0.1) is 0 Å². The van der Waals surface area contributed by atoms with E-state index in [1.165, 1.54) is 11.1 Å². The standard InChI is InChI=1S/C10H12O/c1-8-3-5-9(6-4-8)10(2)7-11-10/h3-6H,7H2,1-2H3/t10-/m0/s1. The fraction of sp³-hybridized carbons (Fsp3) is 0.400. The normalized spacial score (nSPS) is 28.5. The number of aryl methyl sites for hydroxylation is 1. The van der Waals surface area contributed by atoms with Gasteiger partial charge in [0.1, 0.15) is 5.60 Å². The van der Waals surface area contributed by atoms with Gasteiger partial charge in [0.15, 0.2) is 0 Å². The maximum absolute atomic E-state index is 5.32. The molecule has 2 rings (SSSR count). The van der Waals surface area contributed by atoms with Crippen LogP contribution in [-0.2, 0) is 10.3 Å². The first-order valence-corrected chi connectivity index (χ1v) is 3.92. The monoisotopic (exact) mass is 148 g/mol. The van der Waals surface area contributed by atoms with Crippen LogP contribution in [0.3, 0.4) is 0 Å². The Morgan fingerprint density at radius 2 is 1.82 bits per heavy atom. The summed E-state index contributed by atoms with van der Waals surface area (Å²) in [7, 11) is 0. The first-order chi connectivity index (χ1) is 5.21. The van der Waals surface area contributed by atoms with Crippen molar-refractivity contribution >= 4 is 0 Å². The van der Waals surface area contributed by atoms with Crippen LogP contribution in [0.4, 0.5) is 0 Å². The number of rotatable bonds is 1. The molecule has 0 amide bonds. The molecule has 1 saturated heterocycles. The van der Waals surface area contributed by atoms with Crippen molar-refractivity contribution in [2.45, 2.75) is 19.4 Å². The third kappa shape index (κ3) is 1.16. The van der Waals surface area contributed by atoms with E-state index < -0.39 is 0 Å². The van der Waals surface area contributed by atoms with Gasteiger partial charge in [-0.05, 0) is 19.4 Å². The predicted molar refractivity (Wildman–Crippen MR) is 44.5 cm³/mol. The molecule has 0 unspecified atom stereocenters. The van der Waals surface area contributed by atoms with Gasteiger partial charge in [-0.25, -0.2) is 0 Å². The average molecular weight is 148 g/mol. The van der Waals surface area contributed by atoms with E-state index in [1.54, 1.807) is 0 Å². The molecule has 1 heteroatoms. The molecule has 0 radical (unpaired) electrons. The van der Waals surface area contributed by atoms with Crippen molar-refractivity contribution in [3.63, 3.8) is 0 Å². The summed E-state index contributed by atoms with van der Waals surface area (Å²) in [5, 5.41) is 0. The van der Waals surface area contributed by atoms with Crippen LogP contribution in [0.2, 0.25) is 0 Å². The topological polar surface area (TPSA) is 12.5 Å². The van der Waals surface area contributed by atoms with Gasteiger partial charge in [-0.3, -0.25) is 0 Å². The Balaban J connectivity index is 2.33. The van der Waals surface area contributed by atoms with Gasteiger partial charge in [-0.1, -0.05) is 29.8 Å². The fourth-order valence-electron chi connectivity index (χ4n) is 1.18. The summed E-state index contributed by atoms with van der Waals surface area (Å²) in [5.41, 5.74) is 2.63. The molecule has 1 atom stereocenters. The second-order valence-corrected chi connectivity index (χ2v) is 3.39. The van der Waals surface area contributed by atoms with E-state index >= 15 is 0 Å². The Morgan fingerprint density at radius 3 is 2.27 bits per heavy atom. The lowest BCUT2D eigenvalue weighted by atomic mass is 10.0. The van der Waals surface area contributed by atoms with Crippen molar-refractivity contribution < 1.29 is 4.74 Å². The largest absolute Gasteiger partial charge is 0.365 e. The van der Waals surface area contributed by atoms with Crippen LogP contribution in [0.25, 0.3) is 0 Å². The van der Waals surface area contributed by atoms with Crippen molar-refractivity contribution in [3.8, 4) is 0 Å². The molecule has 0 aromatic heterocycles. The van der Waals surface area contributed by atoms with Gasteiger partial charge in [0, 0.05) is 0 Å². The maximum Gasteiger partial charge on any atom is 0.114 e. The minimum atomic E-state index is 0.0354. The van der Waals surface area contributed by atoms with Gasteiger partial charge in [-0.2, -0.15) is 0 Å². The second-order valence-electron chi connectivity index (χ2n) is 3.39. The van der Waals surface area contributed by atoms with Crippen molar-refractivity contribution in [2.75, 3.05) is 6.61 Å². The van der Waals surface area contributed by atoms with Crippen LogP contribution in [-0.4, -0.2) is 6.61 Å². The van der Waals surface area contributed by atoms with E-state index in [9.17, 15) is 0 Å². The Labute approximate surface area is 67.0 Å². The highest BCUT2D eigenvalue weighted by atomic mass is 16.6. The van der Waals surface area contributed by atoms with Crippen molar-refractivity contribution in [1.29, 1.82) is 0 Å². The zero-order chi connectivity index (χ0) is 7.90. The molecule has 1 aromatic rings. The lowest BCUT2D eigenvalue weighted by Crippen LogP contribution is -2.00. The third-order valence-corrected chi connectivity index (χ3v) is 2.24. The van der Waals surface area contributed by atoms with Crippen LogP contribution in [0.5, 0.6) is 0 Å². The summed E-state index contributed by atoms with van der Waals surface area (Å²) in [4.78, 5) is 0. The number of hydrogen-bond donors (Lipinski definition) is 0. The first-order valence-electron chi connectivity index (χ1n) is 3.92. The first kappa shape index (κ1) is 6.86. The van der Waals surface area contributed by atoms with E-state index in [0.29, 0.717) is 0 Å². The highest BCUT2D eigenvalue weighted by molar-refractivity contribution is 5.28. The molecule has 1 nitrogen and oxygen atoms in total. The van der Waals surface area contributed by atoms with Crippen molar-refractivity contribution in [1.82, 2.24) is 0 Å². The summed E-state index contributed by atoms with van der Waals surface area (Å²) in [6.45, 7) is 5.09. The summed E-state index contributed by atoms with van der Waals surface area (Å²) in [6.07, 6.45) is 0. The molecule has 58 valence electrons.